The van der Waals surface area contributed by atoms with E-state index in [2.05, 4.69) is 16.7 Å². The molecule has 0 aliphatic carbocycles. The summed E-state index contributed by atoms with van der Waals surface area (Å²) in [4.78, 5) is 12.7. The van der Waals surface area contributed by atoms with Crippen molar-refractivity contribution in [2.24, 2.45) is 5.92 Å². The molecule has 0 aromatic heterocycles. The lowest BCUT2D eigenvalue weighted by atomic mass is 9.97. The number of rotatable bonds is 9. The number of anilines is 1. The SMILES string of the molecule is CCOCCOc1ccccc1NC(=O)c1cccc(CC2CCNC2)c1. The van der Waals surface area contributed by atoms with Gasteiger partial charge in [0.05, 0.1) is 12.3 Å². The quantitative estimate of drug-likeness (QED) is 0.665. The lowest BCUT2D eigenvalue weighted by Gasteiger charge is -2.13. The highest BCUT2D eigenvalue weighted by atomic mass is 16.5. The van der Waals surface area contributed by atoms with Gasteiger partial charge in [-0.1, -0.05) is 24.3 Å². The van der Waals surface area contributed by atoms with Gasteiger partial charge >= 0.3 is 0 Å². The minimum absolute atomic E-state index is 0.123. The van der Waals surface area contributed by atoms with Gasteiger partial charge in [-0.15, -0.1) is 0 Å². The van der Waals surface area contributed by atoms with Gasteiger partial charge in [0, 0.05) is 12.2 Å². The smallest absolute Gasteiger partial charge is 0.255 e. The predicted octanol–water partition coefficient (Wildman–Crippen LogP) is 3.51. The topological polar surface area (TPSA) is 59.6 Å². The summed E-state index contributed by atoms with van der Waals surface area (Å²) in [5.41, 5.74) is 2.55. The highest BCUT2D eigenvalue weighted by Gasteiger charge is 2.16. The fourth-order valence-corrected chi connectivity index (χ4v) is 3.31. The van der Waals surface area contributed by atoms with Crippen molar-refractivity contribution in [3.63, 3.8) is 0 Å². The second kappa shape index (κ2) is 10.1. The molecule has 1 aliphatic rings. The second-order valence-electron chi connectivity index (χ2n) is 6.76. The van der Waals surface area contributed by atoms with Gasteiger partial charge in [-0.25, -0.2) is 0 Å². The standard InChI is InChI=1S/C22H28N2O3/c1-2-26-12-13-27-21-9-4-3-8-20(21)24-22(25)19-7-5-6-17(15-19)14-18-10-11-23-16-18/h3-9,15,18,23H,2,10-14,16H2,1H3,(H,24,25). The Balaban J connectivity index is 1.63. The van der Waals surface area contributed by atoms with Crippen LogP contribution in [0.2, 0.25) is 0 Å². The number of hydrogen-bond donors (Lipinski definition) is 2. The molecule has 2 N–H and O–H groups in total. The molecule has 3 rings (SSSR count). The Morgan fingerprint density at radius 1 is 1.19 bits per heavy atom. The molecule has 1 atom stereocenters. The number of benzene rings is 2. The van der Waals surface area contributed by atoms with Crippen molar-refractivity contribution in [2.45, 2.75) is 19.8 Å². The molecule has 144 valence electrons. The molecule has 0 radical (unpaired) electrons. The molecule has 5 nitrogen and oxygen atoms in total. The van der Waals surface area contributed by atoms with E-state index in [9.17, 15) is 4.79 Å². The van der Waals surface area contributed by atoms with Crippen LogP contribution in [-0.4, -0.2) is 38.8 Å². The molecule has 2 aromatic carbocycles. The third-order valence-electron chi connectivity index (χ3n) is 4.70. The molecule has 1 amide bonds. The van der Waals surface area contributed by atoms with Gasteiger partial charge in [-0.3, -0.25) is 4.79 Å². The first-order valence-corrected chi connectivity index (χ1v) is 9.67. The maximum atomic E-state index is 12.7. The van der Waals surface area contributed by atoms with Crippen molar-refractivity contribution >= 4 is 11.6 Å². The first-order chi connectivity index (χ1) is 13.3. The molecule has 27 heavy (non-hydrogen) atoms. The number of nitrogens with one attached hydrogen (secondary N) is 2. The van der Waals surface area contributed by atoms with Gasteiger partial charge in [0.25, 0.3) is 5.91 Å². The summed E-state index contributed by atoms with van der Waals surface area (Å²) < 4.78 is 11.0. The third-order valence-corrected chi connectivity index (χ3v) is 4.70. The normalized spacial score (nSPS) is 16.3. The molecule has 2 aromatic rings. The highest BCUT2D eigenvalue weighted by molar-refractivity contribution is 6.05. The summed E-state index contributed by atoms with van der Waals surface area (Å²) in [6.07, 6.45) is 2.20. The minimum atomic E-state index is -0.123. The molecule has 1 aliphatic heterocycles. The van der Waals surface area contributed by atoms with Gasteiger partial charge in [0.2, 0.25) is 0 Å². The summed E-state index contributed by atoms with van der Waals surface area (Å²) >= 11 is 0. The van der Waals surface area contributed by atoms with Crippen LogP contribution >= 0.6 is 0 Å². The van der Waals surface area contributed by atoms with Gasteiger partial charge in [-0.05, 0) is 68.6 Å². The monoisotopic (exact) mass is 368 g/mol. The van der Waals surface area contributed by atoms with E-state index in [1.54, 1.807) is 0 Å². The number of amides is 1. The van der Waals surface area contributed by atoms with Crippen molar-refractivity contribution in [3.8, 4) is 5.75 Å². The second-order valence-corrected chi connectivity index (χ2v) is 6.76. The van der Waals surface area contributed by atoms with Crippen LogP contribution in [0.3, 0.4) is 0 Å². The zero-order valence-electron chi connectivity index (χ0n) is 15.9. The van der Waals surface area contributed by atoms with Crippen LogP contribution in [0.1, 0.15) is 29.3 Å². The van der Waals surface area contributed by atoms with E-state index < -0.39 is 0 Å². The van der Waals surface area contributed by atoms with E-state index in [0.717, 1.165) is 19.5 Å². The van der Waals surface area contributed by atoms with Gasteiger partial charge < -0.3 is 20.1 Å². The van der Waals surface area contributed by atoms with Crippen LogP contribution in [0.5, 0.6) is 5.75 Å². The summed E-state index contributed by atoms with van der Waals surface area (Å²) in [6.45, 7) is 5.73. The Kier molecular flexibility index (Phi) is 7.25. The highest BCUT2D eigenvalue weighted by Crippen LogP contribution is 2.24. The van der Waals surface area contributed by atoms with Crippen molar-refractivity contribution < 1.29 is 14.3 Å². The minimum Gasteiger partial charge on any atom is -0.489 e. The molecule has 1 saturated heterocycles. The first-order valence-electron chi connectivity index (χ1n) is 9.67. The van der Waals surface area contributed by atoms with E-state index in [4.69, 9.17) is 9.47 Å². The largest absolute Gasteiger partial charge is 0.489 e. The van der Waals surface area contributed by atoms with Gasteiger partial charge in [0.1, 0.15) is 12.4 Å². The zero-order chi connectivity index (χ0) is 18.9. The zero-order valence-corrected chi connectivity index (χ0v) is 15.9. The molecule has 0 bridgehead atoms. The molecule has 0 saturated carbocycles. The van der Waals surface area contributed by atoms with E-state index in [1.165, 1.54) is 12.0 Å². The van der Waals surface area contributed by atoms with E-state index in [0.29, 0.717) is 42.7 Å². The van der Waals surface area contributed by atoms with Crippen molar-refractivity contribution in [2.75, 3.05) is 38.2 Å². The Morgan fingerprint density at radius 3 is 2.89 bits per heavy atom. The number of carbonyl (C=O) groups excluding carboxylic acids is 1. The maximum Gasteiger partial charge on any atom is 0.255 e. The molecular formula is C22H28N2O3. The molecular weight excluding hydrogens is 340 g/mol. The van der Waals surface area contributed by atoms with E-state index >= 15 is 0 Å². The maximum absolute atomic E-state index is 12.7. The molecule has 5 heteroatoms. The fourth-order valence-electron chi connectivity index (χ4n) is 3.31. The summed E-state index contributed by atoms with van der Waals surface area (Å²) in [7, 11) is 0. The van der Waals surface area contributed by atoms with Crippen molar-refractivity contribution in [3.05, 3.63) is 59.7 Å². The predicted molar refractivity (Wildman–Crippen MR) is 108 cm³/mol. The number of hydrogen-bond acceptors (Lipinski definition) is 4. The Hall–Kier alpha value is -2.37. The summed E-state index contributed by atoms with van der Waals surface area (Å²) in [5, 5.41) is 6.36. The van der Waals surface area contributed by atoms with Crippen LogP contribution < -0.4 is 15.4 Å². The number of para-hydroxylation sites is 2. The Morgan fingerprint density at radius 2 is 2.07 bits per heavy atom. The Labute approximate surface area is 161 Å². The van der Waals surface area contributed by atoms with E-state index in [-0.39, 0.29) is 5.91 Å². The van der Waals surface area contributed by atoms with Gasteiger partial charge in [0.15, 0.2) is 0 Å². The molecule has 1 fully saturated rings. The van der Waals surface area contributed by atoms with Crippen LogP contribution in [0.25, 0.3) is 0 Å². The third kappa shape index (κ3) is 5.81. The summed E-state index contributed by atoms with van der Waals surface area (Å²) in [6, 6.07) is 15.4. The van der Waals surface area contributed by atoms with Crippen LogP contribution in [0.15, 0.2) is 48.5 Å². The van der Waals surface area contributed by atoms with Crippen LogP contribution in [-0.2, 0) is 11.2 Å². The molecule has 1 heterocycles. The Bertz CT molecular complexity index is 742. The van der Waals surface area contributed by atoms with E-state index in [1.807, 2.05) is 49.4 Å². The van der Waals surface area contributed by atoms with Crippen LogP contribution in [0, 0.1) is 5.92 Å². The average Bonchev–Trinajstić information content (AvgIpc) is 3.19. The number of carbonyl (C=O) groups is 1. The van der Waals surface area contributed by atoms with Crippen LogP contribution in [0.4, 0.5) is 5.69 Å². The molecule has 1 unspecified atom stereocenters. The molecule has 0 spiro atoms. The number of ether oxygens (including phenoxy) is 2. The summed E-state index contributed by atoms with van der Waals surface area (Å²) in [5.74, 6) is 1.18. The van der Waals surface area contributed by atoms with Gasteiger partial charge in [-0.2, -0.15) is 0 Å². The lowest BCUT2D eigenvalue weighted by molar-refractivity contribution is 0.102. The lowest BCUT2D eigenvalue weighted by Crippen LogP contribution is -2.15. The van der Waals surface area contributed by atoms with Crippen molar-refractivity contribution in [1.82, 2.24) is 5.32 Å². The fraction of sp³-hybridized carbons (Fsp3) is 0.409. The first kappa shape index (κ1) is 19.4. The van der Waals surface area contributed by atoms with Crippen molar-refractivity contribution in [1.29, 1.82) is 0 Å². The average molecular weight is 368 g/mol.